The summed E-state index contributed by atoms with van der Waals surface area (Å²) in [6, 6.07) is 0.837. The number of carbonyl (C=O) groups excluding carboxylic acids is 1. The van der Waals surface area contributed by atoms with Crippen molar-refractivity contribution < 1.29 is 4.79 Å². The molecule has 0 aromatic heterocycles. The Morgan fingerprint density at radius 2 is 2.12 bits per heavy atom. The van der Waals surface area contributed by atoms with E-state index in [1.54, 1.807) is 0 Å². The van der Waals surface area contributed by atoms with Crippen LogP contribution in [0.2, 0.25) is 0 Å². The summed E-state index contributed by atoms with van der Waals surface area (Å²) in [4.78, 5) is 16.6. The van der Waals surface area contributed by atoms with E-state index in [0.29, 0.717) is 0 Å². The van der Waals surface area contributed by atoms with Crippen molar-refractivity contribution in [3.05, 3.63) is 0 Å². The first-order valence-electron chi connectivity index (χ1n) is 6.98. The molecule has 98 valence electrons. The zero-order chi connectivity index (χ0) is 12.4. The maximum Gasteiger partial charge on any atom is 0.241 e. The predicted octanol–water partition coefficient (Wildman–Crippen LogP) is 1.03. The zero-order valence-electron chi connectivity index (χ0n) is 11.3. The van der Waals surface area contributed by atoms with Gasteiger partial charge in [0.2, 0.25) is 5.91 Å². The maximum atomic E-state index is 12.1. The molecule has 2 atom stereocenters. The van der Waals surface area contributed by atoms with E-state index in [0.717, 1.165) is 32.1 Å². The van der Waals surface area contributed by atoms with Gasteiger partial charge >= 0.3 is 0 Å². The smallest absolute Gasteiger partial charge is 0.241 e. The molecule has 1 N–H and O–H groups in total. The van der Waals surface area contributed by atoms with Crippen LogP contribution in [0, 0.1) is 0 Å². The van der Waals surface area contributed by atoms with Crippen LogP contribution < -0.4 is 5.32 Å². The average Bonchev–Trinajstić information content (AvgIpc) is 3.11. The van der Waals surface area contributed by atoms with Crippen molar-refractivity contribution in [1.82, 2.24) is 15.1 Å². The average molecular weight is 239 g/mol. The van der Waals surface area contributed by atoms with E-state index >= 15 is 0 Å². The van der Waals surface area contributed by atoms with Gasteiger partial charge in [0.15, 0.2) is 0 Å². The molecule has 0 aromatic rings. The van der Waals surface area contributed by atoms with Gasteiger partial charge in [-0.2, -0.15) is 0 Å². The molecule has 1 aliphatic heterocycles. The number of likely N-dealkylation sites (N-methyl/N-ethyl adjacent to an activating group) is 1. The van der Waals surface area contributed by atoms with Crippen LogP contribution in [0.3, 0.4) is 0 Å². The third-order valence-corrected chi connectivity index (χ3v) is 4.00. The standard InChI is InChI=1S/C13H25N3O/c1-4-12-13(17)16(10(3)14-12)9-8-15(5-2)11-6-7-11/h10-12,14H,4-9H2,1-3H3. The third kappa shape index (κ3) is 2.80. The third-order valence-electron chi connectivity index (χ3n) is 4.00. The SMILES string of the molecule is CCC1NC(C)N(CCN(CC)C2CC2)C1=O. The minimum Gasteiger partial charge on any atom is -0.325 e. The minimum atomic E-state index is 0.0426. The van der Waals surface area contributed by atoms with E-state index in [1.165, 1.54) is 12.8 Å². The first-order valence-corrected chi connectivity index (χ1v) is 6.98. The predicted molar refractivity (Wildman–Crippen MR) is 68.7 cm³/mol. The summed E-state index contributed by atoms with van der Waals surface area (Å²) in [5, 5.41) is 3.35. The fourth-order valence-electron chi connectivity index (χ4n) is 2.71. The first kappa shape index (κ1) is 12.8. The summed E-state index contributed by atoms with van der Waals surface area (Å²) >= 11 is 0. The van der Waals surface area contributed by atoms with Gasteiger partial charge in [-0.25, -0.2) is 0 Å². The van der Waals surface area contributed by atoms with Crippen LogP contribution in [-0.2, 0) is 4.79 Å². The summed E-state index contributed by atoms with van der Waals surface area (Å²) in [6.07, 6.45) is 3.77. The van der Waals surface area contributed by atoms with Gasteiger partial charge in [-0.1, -0.05) is 13.8 Å². The Bertz CT molecular complexity index is 278. The van der Waals surface area contributed by atoms with Gasteiger partial charge in [-0.05, 0) is 32.7 Å². The molecule has 1 saturated heterocycles. The molecule has 0 spiro atoms. The Balaban J connectivity index is 1.83. The molecule has 0 aromatic carbocycles. The number of carbonyl (C=O) groups is 1. The number of nitrogens with one attached hydrogen (secondary N) is 1. The van der Waals surface area contributed by atoms with Crippen LogP contribution >= 0.6 is 0 Å². The highest BCUT2D eigenvalue weighted by atomic mass is 16.2. The fourth-order valence-corrected chi connectivity index (χ4v) is 2.71. The van der Waals surface area contributed by atoms with E-state index in [9.17, 15) is 4.79 Å². The lowest BCUT2D eigenvalue weighted by atomic mass is 10.2. The second-order valence-corrected chi connectivity index (χ2v) is 5.19. The van der Waals surface area contributed by atoms with Crippen LogP contribution in [0.5, 0.6) is 0 Å². The van der Waals surface area contributed by atoms with Gasteiger partial charge in [0.05, 0.1) is 12.2 Å². The molecule has 1 amide bonds. The molecule has 1 saturated carbocycles. The largest absolute Gasteiger partial charge is 0.325 e. The van der Waals surface area contributed by atoms with E-state index < -0.39 is 0 Å². The molecule has 2 rings (SSSR count). The van der Waals surface area contributed by atoms with E-state index in [4.69, 9.17) is 0 Å². The monoisotopic (exact) mass is 239 g/mol. The zero-order valence-corrected chi connectivity index (χ0v) is 11.3. The summed E-state index contributed by atoms with van der Waals surface area (Å²) in [5.74, 6) is 0.284. The lowest BCUT2D eigenvalue weighted by Crippen LogP contribution is -2.41. The summed E-state index contributed by atoms with van der Waals surface area (Å²) < 4.78 is 0. The number of nitrogens with zero attached hydrogens (tertiary/aromatic N) is 2. The van der Waals surface area contributed by atoms with Crippen molar-refractivity contribution in [2.75, 3.05) is 19.6 Å². The lowest BCUT2D eigenvalue weighted by Gasteiger charge is -2.26. The van der Waals surface area contributed by atoms with Crippen LogP contribution in [-0.4, -0.2) is 53.6 Å². The molecule has 4 heteroatoms. The fraction of sp³-hybridized carbons (Fsp3) is 0.923. The molecule has 17 heavy (non-hydrogen) atoms. The summed E-state index contributed by atoms with van der Waals surface area (Å²) in [5.41, 5.74) is 0. The van der Waals surface area contributed by atoms with Crippen molar-refractivity contribution >= 4 is 5.91 Å². The second kappa shape index (κ2) is 5.36. The van der Waals surface area contributed by atoms with Crippen molar-refractivity contribution in [1.29, 1.82) is 0 Å². The van der Waals surface area contributed by atoms with Crippen LogP contribution in [0.25, 0.3) is 0 Å². The number of rotatable bonds is 6. The van der Waals surface area contributed by atoms with Crippen LogP contribution in [0.4, 0.5) is 0 Å². The van der Waals surface area contributed by atoms with Crippen LogP contribution in [0.1, 0.15) is 40.0 Å². The Hall–Kier alpha value is -0.610. The lowest BCUT2D eigenvalue weighted by molar-refractivity contribution is -0.130. The van der Waals surface area contributed by atoms with Gasteiger partial charge in [0.25, 0.3) is 0 Å². The highest BCUT2D eigenvalue weighted by Crippen LogP contribution is 2.26. The molecule has 0 radical (unpaired) electrons. The van der Waals surface area contributed by atoms with E-state index in [1.807, 2.05) is 4.90 Å². The molecule has 2 fully saturated rings. The number of amides is 1. The van der Waals surface area contributed by atoms with Gasteiger partial charge < -0.3 is 4.90 Å². The summed E-state index contributed by atoms with van der Waals surface area (Å²) in [6.45, 7) is 9.35. The maximum absolute atomic E-state index is 12.1. The Morgan fingerprint density at radius 1 is 1.41 bits per heavy atom. The molecule has 0 bridgehead atoms. The Morgan fingerprint density at radius 3 is 2.59 bits per heavy atom. The first-order chi connectivity index (χ1) is 8.17. The van der Waals surface area contributed by atoms with Crippen LogP contribution in [0.15, 0.2) is 0 Å². The topological polar surface area (TPSA) is 35.6 Å². The normalized spacial score (nSPS) is 29.4. The van der Waals surface area contributed by atoms with E-state index in [2.05, 4.69) is 31.0 Å². The molecular formula is C13H25N3O. The molecule has 1 heterocycles. The van der Waals surface area contributed by atoms with Gasteiger partial charge in [0.1, 0.15) is 0 Å². The van der Waals surface area contributed by atoms with Gasteiger partial charge in [0, 0.05) is 19.1 Å². The number of hydrogen-bond donors (Lipinski definition) is 1. The van der Waals surface area contributed by atoms with Gasteiger partial charge in [-0.15, -0.1) is 0 Å². The molecular weight excluding hydrogens is 214 g/mol. The molecule has 4 nitrogen and oxygen atoms in total. The quantitative estimate of drug-likeness (QED) is 0.752. The minimum absolute atomic E-state index is 0.0426. The highest BCUT2D eigenvalue weighted by Gasteiger charge is 2.35. The number of hydrogen-bond acceptors (Lipinski definition) is 3. The highest BCUT2D eigenvalue weighted by molar-refractivity contribution is 5.84. The van der Waals surface area contributed by atoms with Crippen molar-refractivity contribution in [2.45, 2.75) is 58.3 Å². The molecule has 1 aliphatic carbocycles. The molecule has 2 unspecified atom stereocenters. The summed E-state index contributed by atoms with van der Waals surface area (Å²) in [7, 11) is 0. The van der Waals surface area contributed by atoms with Crippen molar-refractivity contribution in [2.24, 2.45) is 0 Å². The second-order valence-electron chi connectivity index (χ2n) is 5.19. The Labute approximate surface area is 104 Å². The molecule has 2 aliphatic rings. The van der Waals surface area contributed by atoms with Crippen molar-refractivity contribution in [3.63, 3.8) is 0 Å². The van der Waals surface area contributed by atoms with E-state index in [-0.39, 0.29) is 18.1 Å². The Kier molecular flexibility index (Phi) is 4.05. The van der Waals surface area contributed by atoms with Gasteiger partial charge in [-0.3, -0.25) is 15.0 Å². The van der Waals surface area contributed by atoms with Crippen molar-refractivity contribution in [3.8, 4) is 0 Å².